The molecule has 0 unspecified atom stereocenters. The molecular weight excluding hydrogens is 416 g/mol. The summed E-state index contributed by atoms with van der Waals surface area (Å²) in [4.78, 5) is 27.6. The van der Waals surface area contributed by atoms with Crippen molar-refractivity contribution < 1.29 is 14.7 Å². The Morgan fingerprint density at radius 2 is 1.55 bits per heavy atom. The molecule has 0 saturated heterocycles. The molecule has 7 nitrogen and oxygen atoms in total. The van der Waals surface area contributed by atoms with E-state index < -0.39 is 11.8 Å². The molecule has 3 aromatic rings. The normalized spacial score (nSPS) is 11.6. The molecule has 33 heavy (non-hydrogen) atoms. The van der Waals surface area contributed by atoms with Crippen molar-refractivity contribution in [3.05, 3.63) is 101 Å². The predicted molar refractivity (Wildman–Crippen MR) is 131 cm³/mol. The second-order valence-electron chi connectivity index (χ2n) is 7.52. The summed E-state index contributed by atoms with van der Waals surface area (Å²) < 4.78 is 0. The molecule has 3 aromatic carbocycles. The quantitative estimate of drug-likeness (QED) is 0.295. The van der Waals surface area contributed by atoms with E-state index in [2.05, 4.69) is 15.8 Å². The van der Waals surface area contributed by atoms with Gasteiger partial charge in [-0.25, -0.2) is 5.43 Å². The second-order valence-corrected chi connectivity index (χ2v) is 7.52. The van der Waals surface area contributed by atoms with Crippen LogP contribution in [0.5, 0.6) is 5.75 Å². The van der Waals surface area contributed by atoms with Gasteiger partial charge in [-0.05, 0) is 55.0 Å². The molecule has 3 N–H and O–H groups in total. The number of amides is 2. The van der Waals surface area contributed by atoms with Crippen molar-refractivity contribution >= 4 is 29.3 Å². The molecule has 0 saturated carbocycles. The Morgan fingerprint density at radius 1 is 0.909 bits per heavy atom. The van der Waals surface area contributed by atoms with E-state index in [4.69, 9.17) is 0 Å². The first-order chi connectivity index (χ1) is 15.8. The van der Waals surface area contributed by atoms with Gasteiger partial charge in [0.2, 0.25) is 0 Å². The maximum atomic E-state index is 12.9. The van der Waals surface area contributed by atoms with E-state index in [0.717, 1.165) is 11.3 Å². The van der Waals surface area contributed by atoms with Crippen molar-refractivity contribution in [2.75, 3.05) is 19.0 Å². The summed E-state index contributed by atoms with van der Waals surface area (Å²) in [7, 11) is 3.88. The zero-order chi connectivity index (χ0) is 23.8. The Balaban J connectivity index is 1.86. The van der Waals surface area contributed by atoms with Gasteiger partial charge in [0.15, 0.2) is 0 Å². The largest absolute Gasteiger partial charge is 0.507 e. The van der Waals surface area contributed by atoms with Gasteiger partial charge in [-0.2, -0.15) is 5.10 Å². The molecule has 0 fully saturated rings. The molecule has 168 valence electrons. The molecule has 2 amide bonds. The van der Waals surface area contributed by atoms with Gasteiger partial charge in [-0.15, -0.1) is 0 Å². The Labute approximate surface area is 193 Å². The minimum absolute atomic E-state index is 0.0373. The number of phenols is 1. The fourth-order valence-corrected chi connectivity index (χ4v) is 3.01. The number of carbonyl (C=O) groups is 2. The zero-order valence-corrected chi connectivity index (χ0v) is 18.7. The first-order valence-corrected chi connectivity index (χ1v) is 10.3. The number of hydrogen-bond donors (Lipinski definition) is 3. The second kappa shape index (κ2) is 10.8. The van der Waals surface area contributed by atoms with Gasteiger partial charge in [-0.1, -0.05) is 42.5 Å². The van der Waals surface area contributed by atoms with Crippen molar-refractivity contribution in [1.82, 2.24) is 10.7 Å². The highest BCUT2D eigenvalue weighted by Gasteiger charge is 2.15. The number of hydrogen-bond acceptors (Lipinski definition) is 5. The van der Waals surface area contributed by atoms with E-state index >= 15 is 0 Å². The van der Waals surface area contributed by atoms with Gasteiger partial charge in [-0.3, -0.25) is 9.59 Å². The number of nitrogens with zero attached hydrogens (tertiary/aromatic N) is 2. The van der Waals surface area contributed by atoms with Gasteiger partial charge in [0, 0.05) is 30.9 Å². The summed E-state index contributed by atoms with van der Waals surface area (Å²) in [5, 5.41) is 16.8. The zero-order valence-electron chi connectivity index (χ0n) is 18.7. The van der Waals surface area contributed by atoms with Crippen LogP contribution in [-0.4, -0.2) is 36.7 Å². The van der Waals surface area contributed by atoms with Crippen LogP contribution in [0.25, 0.3) is 6.08 Å². The fourth-order valence-electron chi connectivity index (χ4n) is 3.01. The van der Waals surface area contributed by atoms with Crippen LogP contribution in [-0.2, 0) is 4.79 Å². The maximum Gasteiger partial charge on any atom is 0.287 e. The first kappa shape index (κ1) is 23.3. The maximum absolute atomic E-state index is 12.9. The lowest BCUT2D eigenvalue weighted by Gasteiger charge is -2.13. The standard InChI is InChI=1S/C26H26N4O3/c1-18(22-11-7-8-12-24(22)31)28-29-26(33)23(27-25(32)20-9-5-4-6-10-20)17-19-13-15-21(16-14-19)30(2)3/h4-17,31H,1-3H3,(H,27,32)(H,29,33)/b23-17-,28-18?. The lowest BCUT2D eigenvalue weighted by Crippen LogP contribution is -2.33. The molecule has 0 spiro atoms. The van der Waals surface area contributed by atoms with Crippen molar-refractivity contribution in [1.29, 1.82) is 0 Å². The van der Waals surface area contributed by atoms with Gasteiger partial charge >= 0.3 is 0 Å². The van der Waals surface area contributed by atoms with Crippen LogP contribution in [0.2, 0.25) is 0 Å². The topological polar surface area (TPSA) is 94.0 Å². The number of benzene rings is 3. The monoisotopic (exact) mass is 442 g/mol. The minimum atomic E-state index is -0.592. The average molecular weight is 443 g/mol. The number of hydrazone groups is 1. The Bertz CT molecular complexity index is 1180. The van der Waals surface area contributed by atoms with Crippen LogP contribution in [0.4, 0.5) is 5.69 Å². The average Bonchev–Trinajstić information content (AvgIpc) is 2.83. The number of rotatable bonds is 7. The lowest BCUT2D eigenvalue weighted by atomic mass is 10.1. The number of nitrogens with one attached hydrogen (secondary N) is 2. The smallest absolute Gasteiger partial charge is 0.287 e. The predicted octanol–water partition coefficient (Wildman–Crippen LogP) is 3.77. The van der Waals surface area contributed by atoms with Gasteiger partial charge < -0.3 is 15.3 Å². The number of aromatic hydroxyl groups is 1. The summed E-state index contributed by atoms with van der Waals surface area (Å²) in [5.74, 6) is -0.948. The van der Waals surface area contributed by atoms with Gasteiger partial charge in [0.05, 0.1) is 5.71 Å². The Morgan fingerprint density at radius 3 is 2.18 bits per heavy atom. The molecular formula is C26H26N4O3. The van der Waals surface area contributed by atoms with Crippen molar-refractivity contribution in [3.8, 4) is 5.75 Å². The summed E-state index contributed by atoms with van der Waals surface area (Å²) in [6.45, 7) is 1.67. The summed E-state index contributed by atoms with van der Waals surface area (Å²) in [6.07, 6.45) is 1.58. The first-order valence-electron chi connectivity index (χ1n) is 10.3. The van der Waals surface area contributed by atoms with Crippen LogP contribution >= 0.6 is 0 Å². The van der Waals surface area contributed by atoms with E-state index in [1.54, 1.807) is 61.5 Å². The molecule has 7 heteroatoms. The molecule has 0 atom stereocenters. The summed E-state index contributed by atoms with van der Waals surface area (Å²) in [6, 6.07) is 22.9. The third-order valence-electron chi connectivity index (χ3n) is 4.87. The van der Waals surface area contributed by atoms with Crippen LogP contribution in [0.15, 0.2) is 89.7 Å². The molecule has 0 aromatic heterocycles. The van der Waals surface area contributed by atoms with Crippen molar-refractivity contribution in [2.45, 2.75) is 6.92 Å². The molecule has 0 heterocycles. The molecule has 0 radical (unpaired) electrons. The van der Waals surface area contributed by atoms with Crippen molar-refractivity contribution in [3.63, 3.8) is 0 Å². The van der Waals surface area contributed by atoms with E-state index in [1.165, 1.54) is 0 Å². The highest BCUT2D eigenvalue weighted by molar-refractivity contribution is 6.06. The van der Waals surface area contributed by atoms with Gasteiger partial charge in [0.25, 0.3) is 11.8 Å². The van der Waals surface area contributed by atoms with Crippen LogP contribution in [0.1, 0.15) is 28.4 Å². The Kier molecular flexibility index (Phi) is 7.60. The molecule has 0 aliphatic carbocycles. The van der Waals surface area contributed by atoms with Crippen LogP contribution < -0.4 is 15.6 Å². The molecule has 0 aliphatic rings. The Hall–Kier alpha value is -4.39. The van der Waals surface area contributed by atoms with E-state index in [9.17, 15) is 14.7 Å². The molecule has 0 aliphatic heterocycles. The fraction of sp³-hybridized carbons (Fsp3) is 0.115. The number of phenolic OH excluding ortho intramolecular Hbond substituents is 1. The number of anilines is 1. The van der Waals surface area contributed by atoms with E-state index in [0.29, 0.717) is 16.8 Å². The van der Waals surface area contributed by atoms with Crippen LogP contribution in [0, 0.1) is 0 Å². The van der Waals surface area contributed by atoms with Crippen LogP contribution in [0.3, 0.4) is 0 Å². The highest BCUT2D eigenvalue weighted by atomic mass is 16.3. The molecule has 0 bridgehead atoms. The lowest BCUT2D eigenvalue weighted by molar-refractivity contribution is -0.117. The number of carbonyl (C=O) groups excluding carboxylic acids is 2. The highest BCUT2D eigenvalue weighted by Crippen LogP contribution is 2.17. The number of para-hydroxylation sites is 1. The van der Waals surface area contributed by atoms with E-state index in [1.807, 2.05) is 49.3 Å². The summed E-state index contributed by atoms with van der Waals surface area (Å²) >= 11 is 0. The molecule has 3 rings (SSSR count). The van der Waals surface area contributed by atoms with E-state index in [-0.39, 0.29) is 11.4 Å². The third kappa shape index (κ3) is 6.30. The minimum Gasteiger partial charge on any atom is -0.507 e. The van der Waals surface area contributed by atoms with Gasteiger partial charge in [0.1, 0.15) is 11.4 Å². The SMILES string of the molecule is CC(=NNC(=O)/C(=C/c1ccc(N(C)C)cc1)NC(=O)c1ccccc1)c1ccccc1O. The summed E-state index contributed by atoms with van der Waals surface area (Å²) in [5.41, 5.74) is 5.59. The third-order valence-corrected chi connectivity index (χ3v) is 4.87. The van der Waals surface area contributed by atoms with Crippen molar-refractivity contribution in [2.24, 2.45) is 5.10 Å².